The van der Waals surface area contributed by atoms with E-state index in [1.165, 1.54) is 0 Å². The first kappa shape index (κ1) is 24.0. The standard InChI is InChI=1S/C30H31NO4/c1-17-7-13-26(33)21(5)29(17)31(30-18(2)8-14-27(34)22(30)6)23-9-11-25(12-10-23)35-28-16-24(32)15-19(3)20(28)4/h7-16,32-34H,1-6H3. The second kappa shape index (κ2) is 9.26. The number of aryl methyl sites for hydroxylation is 3. The van der Waals surface area contributed by atoms with E-state index in [0.29, 0.717) is 11.5 Å². The Kier molecular flexibility index (Phi) is 6.35. The van der Waals surface area contributed by atoms with E-state index in [9.17, 15) is 15.3 Å². The van der Waals surface area contributed by atoms with Crippen molar-refractivity contribution in [2.24, 2.45) is 0 Å². The summed E-state index contributed by atoms with van der Waals surface area (Å²) in [6.07, 6.45) is 0. The van der Waals surface area contributed by atoms with Crippen molar-refractivity contribution < 1.29 is 20.1 Å². The van der Waals surface area contributed by atoms with E-state index in [4.69, 9.17) is 4.74 Å². The SMILES string of the molecule is Cc1cc(O)cc(Oc2ccc(N(c3c(C)ccc(O)c3C)c3c(C)ccc(O)c3C)cc2)c1C. The molecule has 4 aromatic carbocycles. The van der Waals surface area contributed by atoms with Gasteiger partial charge in [-0.15, -0.1) is 0 Å². The second-order valence-electron chi connectivity index (χ2n) is 9.07. The van der Waals surface area contributed by atoms with Gasteiger partial charge < -0.3 is 25.0 Å². The van der Waals surface area contributed by atoms with Crippen LogP contribution in [0.4, 0.5) is 17.1 Å². The number of anilines is 3. The summed E-state index contributed by atoms with van der Waals surface area (Å²) < 4.78 is 6.09. The Bertz CT molecular complexity index is 1350. The zero-order chi connectivity index (χ0) is 25.4. The van der Waals surface area contributed by atoms with Crippen LogP contribution < -0.4 is 9.64 Å². The van der Waals surface area contributed by atoms with E-state index in [-0.39, 0.29) is 17.2 Å². The van der Waals surface area contributed by atoms with Crippen LogP contribution in [0.1, 0.15) is 33.4 Å². The van der Waals surface area contributed by atoms with E-state index in [1.54, 1.807) is 24.3 Å². The predicted octanol–water partition coefficient (Wildman–Crippen LogP) is 7.92. The van der Waals surface area contributed by atoms with Gasteiger partial charge in [0.05, 0.1) is 11.4 Å². The first-order valence-corrected chi connectivity index (χ1v) is 11.5. The average Bonchev–Trinajstić information content (AvgIpc) is 2.82. The van der Waals surface area contributed by atoms with E-state index in [0.717, 1.165) is 50.4 Å². The first-order chi connectivity index (χ1) is 16.6. The Morgan fingerprint density at radius 1 is 0.571 bits per heavy atom. The van der Waals surface area contributed by atoms with Crippen LogP contribution in [0.5, 0.6) is 28.7 Å². The Hall–Kier alpha value is -4.12. The molecular formula is C30H31NO4. The summed E-state index contributed by atoms with van der Waals surface area (Å²) >= 11 is 0. The number of benzene rings is 4. The lowest BCUT2D eigenvalue weighted by atomic mass is 10.0. The van der Waals surface area contributed by atoms with E-state index >= 15 is 0 Å². The normalized spacial score (nSPS) is 10.9. The molecule has 0 amide bonds. The maximum atomic E-state index is 10.5. The summed E-state index contributed by atoms with van der Waals surface area (Å²) in [5.74, 6) is 1.82. The fraction of sp³-hybridized carbons (Fsp3) is 0.200. The van der Waals surface area contributed by atoms with Crippen LogP contribution in [0.15, 0.2) is 60.7 Å². The van der Waals surface area contributed by atoms with Crippen molar-refractivity contribution in [3.63, 3.8) is 0 Å². The number of hydrogen-bond acceptors (Lipinski definition) is 5. The molecular weight excluding hydrogens is 438 g/mol. The molecule has 0 saturated heterocycles. The summed E-state index contributed by atoms with van der Waals surface area (Å²) in [6, 6.07) is 18.2. The number of ether oxygens (including phenoxy) is 1. The van der Waals surface area contributed by atoms with Gasteiger partial charge in [0, 0.05) is 22.9 Å². The van der Waals surface area contributed by atoms with Gasteiger partial charge in [-0.25, -0.2) is 0 Å². The van der Waals surface area contributed by atoms with Crippen molar-refractivity contribution in [3.8, 4) is 28.7 Å². The minimum absolute atomic E-state index is 0.163. The zero-order valence-electron chi connectivity index (χ0n) is 21.0. The highest BCUT2D eigenvalue weighted by atomic mass is 16.5. The van der Waals surface area contributed by atoms with Gasteiger partial charge in [0.25, 0.3) is 0 Å². The molecule has 0 unspecified atom stereocenters. The summed E-state index contributed by atoms with van der Waals surface area (Å²) in [7, 11) is 0. The van der Waals surface area contributed by atoms with Crippen molar-refractivity contribution >= 4 is 17.1 Å². The molecule has 0 aliphatic rings. The largest absolute Gasteiger partial charge is 0.508 e. The van der Waals surface area contributed by atoms with Gasteiger partial charge in [-0.05, 0) is 106 Å². The molecule has 0 radical (unpaired) electrons. The molecule has 0 aromatic heterocycles. The number of aromatic hydroxyl groups is 3. The van der Waals surface area contributed by atoms with Crippen LogP contribution in [0.25, 0.3) is 0 Å². The van der Waals surface area contributed by atoms with Crippen molar-refractivity contribution in [2.45, 2.75) is 41.5 Å². The monoisotopic (exact) mass is 469 g/mol. The van der Waals surface area contributed by atoms with Crippen LogP contribution in [0.3, 0.4) is 0 Å². The highest BCUT2D eigenvalue weighted by molar-refractivity contribution is 5.85. The fourth-order valence-electron chi connectivity index (χ4n) is 4.41. The smallest absolute Gasteiger partial charge is 0.134 e. The lowest BCUT2D eigenvalue weighted by Crippen LogP contribution is -2.15. The van der Waals surface area contributed by atoms with Gasteiger partial charge in [0.15, 0.2) is 0 Å². The number of rotatable bonds is 5. The summed E-state index contributed by atoms with van der Waals surface area (Å²) in [6.45, 7) is 11.7. The highest BCUT2D eigenvalue weighted by Crippen LogP contribution is 2.45. The molecule has 5 nitrogen and oxygen atoms in total. The molecule has 0 bridgehead atoms. The maximum absolute atomic E-state index is 10.5. The van der Waals surface area contributed by atoms with Crippen LogP contribution in [-0.4, -0.2) is 15.3 Å². The van der Waals surface area contributed by atoms with Gasteiger partial charge in [0.1, 0.15) is 28.7 Å². The van der Waals surface area contributed by atoms with Crippen LogP contribution in [-0.2, 0) is 0 Å². The molecule has 4 rings (SSSR count). The highest BCUT2D eigenvalue weighted by Gasteiger charge is 2.23. The molecule has 5 heteroatoms. The first-order valence-electron chi connectivity index (χ1n) is 11.5. The molecule has 3 N–H and O–H groups in total. The number of phenols is 3. The molecule has 0 spiro atoms. The molecule has 0 atom stereocenters. The zero-order valence-corrected chi connectivity index (χ0v) is 21.0. The van der Waals surface area contributed by atoms with E-state index < -0.39 is 0 Å². The fourth-order valence-corrected chi connectivity index (χ4v) is 4.41. The van der Waals surface area contributed by atoms with Crippen LogP contribution in [0, 0.1) is 41.5 Å². The number of nitrogens with zero attached hydrogens (tertiary/aromatic N) is 1. The van der Waals surface area contributed by atoms with Crippen molar-refractivity contribution in [2.75, 3.05) is 4.90 Å². The van der Waals surface area contributed by atoms with Crippen LogP contribution >= 0.6 is 0 Å². The van der Waals surface area contributed by atoms with E-state index in [2.05, 4.69) is 4.90 Å². The number of phenolic OH excluding ortho intramolecular Hbond substituents is 3. The van der Waals surface area contributed by atoms with Gasteiger partial charge in [-0.1, -0.05) is 12.1 Å². The van der Waals surface area contributed by atoms with Crippen molar-refractivity contribution in [3.05, 3.63) is 94.0 Å². The quantitative estimate of drug-likeness (QED) is 0.277. The Morgan fingerprint density at radius 3 is 1.60 bits per heavy atom. The molecule has 35 heavy (non-hydrogen) atoms. The molecule has 0 saturated carbocycles. The van der Waals surface area contributed by atoms with Gasteiger partial charge in [0.2, 0.25) is 0 Å². The molecule has 0 aliphatic heterocycles. The topological polar surface area (TPSA) is 73.2 Å². The molecule has 0 fully saturated rings. The Morgan fingerprint density at radius 2 is 1.09 bits per heavy atom. The second-order valence-corrected chi connectivity index (χ2v) is 9.07. The third-order valence-corrected chi connectivity index (χ3v) is 6.58. The van der Waals surface area contributed by atoms with Crippen molar-refractivity contribution in [1.82, 2.24) is 0 Å². The lowest BCUT2D eigenvalue weighted by Gasteiger charge is -2.31. The maximum Gasteiger partial charge on any atom is 0.134 e. The number of hydrogen-bond donors (Lipinski definition) is 3. The minimum Gasteiger partial charge on any atom is -0.508 e. The molecule has 0 aliphatic carbocycles. The Balaban J connectivity index is 1.85. The molecule has 0 heterocycles. The van der Waals surface area contributed by atoms with E-state index in [1.807, 2.05) is 77.9 Å². The Labute approximate surface area is 206 Å². The van der Waals surface area contributed by atoms with Crippen molar-refractivity contribution in [1.29, 1.82) is 0 Å². The molecule has 180 valence electrons. The van der Waals surface area contributed by atoms with Gasteiger partial charge in [-0.2, -0.15) is 0 Å². The minimum atomic E-state index is 0.163. The molecule has 4 aromatic rings. The summed E-state index contributed by atoms with van der Waals surface area (Å²) in [4.78, 5) is 2.07. The third-order valence-electron chi connectivity index (χ3n) is 6.58. The third kappa shape index (κ3) is 4.50. The van der Waals surface area contributed by atoms with Crippen LogP contribution in [0.2, 0.25) is 0 Å². The lowest BCUT2D eigenvalue weighted by molar-refractivity contribution is 0.452. The summed E-state index contributed by atoms with van der Waals surface area (Å²) in [5.41, 5.74) is 7.97. The van der Waals surface area contributed by atoms with Gasteiger partial charge >= 0.3 is 0 Å². The average molecular weight is 470 g/mol. The van der Waals surface area contributed by atoms with Gasteiger partial charge in [-0.3, -0.25) is 0 Å². The predicted molar refractivity (Wildman–Crippen MR) is 141 cm³/mol. The summed E-state index contributed by atoms with van der Waals surface area (Å²) in [5, 5.41) is 31.0.